The first-order valence-corrected chi connectivity index (χ1v) is 21.1. The molecule has 8 rings (SSSR count). The van der Waals surface area contributed by atoms with Gasteiger partial charge in [0.1, 0.15) is 23.1 Å². The lowest BCUT2D eigenvalue weighted by Gasteiger charge is -2.38. The molecule has 2 amide bonds. The average Bonchev–Trinajstić information content (AvgIpc) is 3.67. The Balaban J connectivity index is 0.880. The van der Waals surface area contributed by atoms with Gasteiger partial charge in [-0.1, -0.05) is 49.8 Å². The number of aromatic hydroxyl groups is 4. The molecule has 17 nitrogen and oxygen atoms in total. The minimum Gasteiger partial charge on any atom is -0.508 e. The van der Waals surface area contributed by atoms with E-state index in [1.807, 2.05) is 44.2 Å². The van der Waals surface area contributed by atoms with Crippen molar-refractivity contribution in [2.45, 2.75) is 39.2 Å². The summed E-state index contributed by atoms with van der Waals surface area (Å²) in [5.41, 5.74) is 5.13. The summed E-state index contributed by atoms with van der Waals surface area (Å²) in [6.45, 7) is 12.2. The van der Waals surface area contributed by atoms with Crippen LogP contribution in [-0.4, -0.2) is 114 Å². The predicted octanol–water partition coefficient (Wildman–Crippen LogP) is 5.25. The number of hydrogen-bond acceptors (Lipinski definition) is 14. The zero-order valence-corrected chi connectivity index (χ0v) is 35.3. The quantitative estimate of drug-likeness (QED) is 0.0551. The van der Waals surface area contributed by atoms with Gasteiger partial charge in [-0.2, -0.15) is 4.98 Å². The molecule has 1 saturated heterocycles. The van der Waals surface area contributed by atoms with E-state index in [1.165, 1.54) is 16.7 Å². The van der Waals surface area contributed by atoms with Gasteiger partial charge in [0, 0.05) is 93.2 Å². The van der Waals surface area contributed by atoms with E-state index in [0.29, 0.717) is 88.1 Å². The van der Waals surface area contributed by atoms with Crippen LogP contribution in [0.5, 0.6) is 23.3 Å². The molecule has 7 N–H and O–H groups in total. The van der Waals surface area contributed by atoms with E-state index in [9.17, 15) is 30.0 Å². The molecule has 2 aliphatic rings. The summed E-state index contributed by atoms with van der Waals surface area (Å²) >= 11 is 0. The maximum Gasteiger partial charge on any atom is 0.319 e. The fourth-order valence-corrected chi connectivity index (χ4v) is 8.20. The van der Waals surface area contributed by atoms with Gasteiger partial charge in [0.05, 0.1) is 23.5 Å². The third-order valence-electron chi connectivity index (χ3n) is 11.5. The Kier molecular flexibility index (Phi) is 12.2. The molecule has 2 aromatic heterocycles. The van der Waals surface area contributed by atoms with Gasteiger partial charge in [0.25, 0.3) is 0 Å². The van der Waals surface area contributed by atoms with Crippen molar-refractivity contribution in [3.63, 3.8) is 0 Å². The highest BCUT2D eigenvalue weighted by molar-refractivity contribution is 5.96. The zero-order chi connectivity index (χ0) is 44.2. The van der Waals surface area contributed by atoms with Crippen LogP contribution in [0.4, 0.5) is 23.1 Å². The fraction of sp³-hybridized carbons (Fsp3) is 0.304. The lowest BCUT2D eigenvalue weighted by molar-refractivity contribution is -0.126. The molecule has 17 heteroatoms. The first-order valence-electron chi connectivity index (χ1n) is 21.1. The number of aromatic nitrogens is 5. The molecule has 326 valence electrons. The maximum absolute atomic E-state index is 12.9. The van der Waals surface area contributed by atoms with E-state index in [4.69, 9.17) is 9.97 Å². The Labute approximate surface area is 364 Å². The summed E-state index contributed by atoms with van der Waals surface area (Å²) < 4.78 is 1.41. The van der Waals surface area contributed by atoms with Crippen LogP contribution in [0.15, 0.2) is 85.5 Å². The van der Waals surface area contributed by atoms with E-state index >= 15 is 0 Å². The van der Waals surface area contributed by atoms with Crippen LogP contribution in [0.3, 0.4) is 0 Å². The van der Waals surface area contributed by atoms with E-state index in [-0.39, 0.29) is 53.2 Å². The predicted molar refractivity (Wildman–Crippen MR) is 242 cm³/mol. The van der Waals surface area contributed by atoms with E-state index < -0.39 is 0 Å². The second kappa shape index (κ2) is 18.2. The number of nitrogens with zero attached hydrogens (tertiary/aromatic N) is 8. The highest BCUT2D eigenvalue weighted by Gasteiger charge is 2.29. The number of carbonyl (C=O) groups is 2. The van der Waals surface area contributed by atoms with Crippen LogP contribution in [0.2, 0.25) is 0 Å². The number of carbonyl (C=O) groups excluding carboxylic acids is 2. The Morgan fingerprint density at radius 3 is 2.37 bits per heavy atom. The van der Waals surface area contributed by atoms with Gasteiger partial charge < -0.3 is 51.1 Å². The molecule has 6 aromatic rings. The summed E-state index contributed by atoms with van der Waals surface area (Å²) in [6.07, 6.45) is 2.23. The van der Waals surface area contributed by atoms with Crippen LogP contribution in [-0.2, 0) is 22.6 Å². The third kappa shape index (κ3) is 9.07. The Bertz CT molecular complexity index is 2660. The van der Waals surface area contributed by atoms with Gasteiger partial charge >= 0.3 is 6.01 Å². The highest BCUT2D eigenvalue weighted by atomic mass is 16.3. The maximum atomic E-state index is 12.9. The summed E-state index contributed by atoms with van der Waals surface area (Å²) in [7, 11) is 0. The number of rotatable bonds is 14. The van der Waals surface area contributed by atoms with Gasteiger partial charge in [-0.25, -0.2) is 9.55 Å². The molecule has 0 bridgehead atoms. The van der Waals surface area contributed by atoms with Crippen LogP contribution >= 0.6 is 0 Å². The molecule has 0 saturated carbocycles. The Hall–Kier alpha value is -7.56. The Morgan fingerprint density at radius 1 is 0.825 bits per heavy atom. The number of hydrogen-bond donors (Lipinski definition) is 7. The SMILES string of the molecule is C=CC(=O)N1CCN(c2nc(NCCC(=O)NCCNc3ccc(-n4c(O)nnc4-c4cc(C(C)C)c(O)cc4O)cc3)nc3c2CCN(c2cc(O)cc4ccccc24)C3)CC1. The van der Waals surface area contributed by atoms with Crippen LogP contribution in [0.1, 0.15) is 43.0 Å². The summed E-state index contributed by atoms with van der Waals surface area (Å²) in [5.74, 6) is 1.19. The molecular weight excluding hydrogens is 803 g/mol. The van der Waals surface area contributed by atoms with Crippen LogP contribution < -0.4 is 25.8 Å². The lowest BCUT2D eigenvalue weighted by atomic mass is 9.98. The summed E-state index contributed by atoms with van der Waals surface area (Å²) in [6, 6.07) is 21.3. The second-order valence-electron chi connectivity index (χ2n) is 15.9. The van der Waals surface area contributed by atoms with Crippen molar-refractivity contribution in [1.29, 1.82) is 0 Å². The minimum absolute atomic E-state index is 0.0198. The first-order chi connectivity index (χ1) is 30.5. The van der Waals surface area contributed by atoms with E-state index in [2.05, 4.69) is 48.6 Å². The molecule has 1 fully saturated rings. The monoisotopic (exact) mass is 853 g/mol. The number of phenols is 3. The van der Waals surface area contributed by atoms with Crippen molar-refractivity contribution in [2.24, 2.45) is 0 Å². The summed E-state index contributed by atoms with van der Waals surface area (Å²) in [4.78, 5) is 41.4. The van der Waals surface area contributed by atoms with Crippen molar-refractivity contribution in [1.82, 2.24) is 34.9 Å². The van der Waals surface area contributed by atoms with E-state index in [1.54, 1.807) is 35.2 Å². The molecular formula is C46H51N11O6. The molecule has 63 heavy (non-hydrogen) atoms. The fourth-order valence-electron chi connectivity index (χ4n) is 8.20. The lowest BCUT2D eigenvalue weighted by Crippen LogP contribution is -2.49. The smallest absolute Gasteiger partial charge is 0.319 e. The number of benzene rings is 4. The summed E-state index contributed by atoms with van der Waals surface area (Å²) in [5, 5.41) is 61.6. The van der Waals surface area contributed by atoms with Crippen molar-refractivity contribution < 1.29 is 30.0 Å². The molecule has 4 heterocycles. The number of fused-ring (bicyclic) bond motifs is 2. The average molecular weight is 854 g/mol. The second-order valence-corrected chi connectivity index (χ2v) is 15.9. The number of amides is 2. The van der Waals surface area contributed by atoms with Crippen LogP contribution in [0, 0.1) is 0 Å². The van der Waals surface area contributed by atoms with Gasteiger partial charge in [0.15, 0.2) is 5.82 Å². The molecule has 0 atom stereocenters. The van der Waals surface area contributed by atoms with Gasteiger partial charge in [0.2, 0.25) is 17.8 Å². The Morgan fingerprint density at radius 2 is 1.60 bits per heavy atom. The molecule has 0 aliphatic carbocycles. The molecule has 0 spiro atoms. The third-order valence-corrected chi connectivity index (χ3v) is 11.5. The minimum atomic E-state index is -0.359. The van der Waals surface area contributed by atoms with Crippen molar-refractivity contribution in [3.05, 3.63) is 102 Å². The number of nitrogens with one attached hydrogen (secondary N) is 3. The number of piperazine rings is 1. The normalized spacial score (nSPS) is 13.9. The highest BCUT2D eigenvalue weighted by Crippen LogP contribution is 2.39. The zero-order valence-electron chi connectivity index (χ0n) is 35.3. The van der Waals surface area contributed by atoms with Gasteiger partial charge in [-0.3, -0.25) is 9.59 Å². The first kappa shape index (κ1) is 42.1. The molecule has 0 radical (unpaired) electrons. The number of phenolic OH excluding ortho intramolecular Hbond substituents is 3. The van der Waals surface area contributed by atoms with Gasteiger partial charge in [-0.05, 0) is 65.8 Å². The van der Waals surface area contributed by atoms with Crippen LogP contribution in [0.25, 0.3) is 27.8 Å². The van der Waals surface area contributed by atoms with Crippen molar-refractivity contribution in [2.75, 3.05) is 72.8 Å². The van der Waals surface area contributed by atoms with Crippen molar-refractivity contribution >= 4 is 45.7 Å². The largest absolute Gasteiger partial charge is 0.508 e. The standard InChI is InChI=1S/C46H51N11O6/c1-4-42(62)54-19-21-55(22-20-54)43-34-14-18-56(38-24-32(58)23-29-7-5-6-8-33(29)38)27-37(34)50-45(51-43)49-15-13-41(61)48-17-16-47-30-9-11-31(12-10-30)57-44(52-53-46(57)63)36-25-35(28(2)3)39(59)26-40(36)60/h4-12,23-26,28,47,58-60H,1,13-22,27H2,2-3H3,(H,48,61)(H,53,63)(H,49,50,51). The molecule has 0 unspecified atom stereocenters. The topological polar surface area (TPSA) is 217 Å². The molecule has 4 aromatic carbocycles. The van der Waals surface area contributed by atoms with Crippen molar-refractivity contribution in [3.8, 4) is 40.3 Å². The van der Waals surface area contributed by atoms with E-state index in [0.717, 1.165) is 39.2 Å². The number of anilines is 4. The molecule has 2 aliphatic heterocycles. The van der Waals surface area contributed by atoms with Gasteiger partial charge in [-0.15, -0.1) is 5.10 Å².